The molecule has 0 aliphatic heterocycles. The number of carbonyl (C=O) groups is 1. The predicted octanol–water partition coefficient (Wildman–Crippen LogP) is 3.76. The molecule has 0 aromatic heterocycles. The third kappa shape index (κ3) is 4.92. The van der Waals surface area contributed by atoms with Gasteiger partial charge < -0.3 is 10.1 Å². The highest BCUT2D eigenvalue weighted by atomic mass is 16.5. The molecule has 1 amide bonds. The van der Waals surface area contributed by atoms with E-state index >= 15 is 0 Å². The van der Waals surface area contributed by atoms with Crippen LogP contribution in [0.25, 0.3) is 0 Å². The Bertz CT molecular complexity index is 605. The molecule has 116 valence electrons. The second kappa shape index (κ2) is 8.23. The van der Waals surface area contributed by atoms with Gasteiger partial charge in [0.25, 0.3) is 5.91 Å². The number of benzene rings is 2. The Morgan fingerprint density at radius 1 is 1.14 bits per heavy atom. The Hall–Kier alpha value is -2.29. The highest BCUT2D eigenvalue weighted by molar-refractivity contribution is 5.94. The monoisotopic (exact) mass is 297 g/mol. The van der Waals surface area contributed by atoms with Gasteiger partial charge in [0.1, 0.15) is 12.4 Å². The normalized spacial score (nSPS) is 10.3. The van der Waals surface area contributed by atoms with Gasteiger partial charge in [0.05, 0.1) is 6.54 Å². The lowest BCUT2D eigenvalue weighted by molar-refractivity contribution is 0.0947. The van der Waals surface area contributed by atoms with Crippen molar-refractivity contribution in [1.82, 2.24) is 5.32 Å². The SMILES string of the molecule is CCCc1ccc(OCCNC(=O)c2cccc(C)c2)cc1. The van der Waals surface area contributed by atoms with E-state index in [-0.39, 0.29) is 5.91 Å². The molecule has 0 unspecified atom stereocenters. The zero-order valence-corrected chi connectivity index (χ0v) is 13.3. The fourth-order valence-corrected chi connectivity index (χ4v) is 2.26. The van der Waals surface area contributed by atoms with Crippen LogP contribution in [-0.2, 0) is 6.42 Å². The van der Waals surface area contributed by atoms with Crippen molar-refractivity contribution in [2.24, 2.45) is 0 Å². The van der Waals surface area contributed by atoms with Crippen molar-refractivity contribution in [3.05, 3.63) is 65.2 Å². The van der Waals surface area contributed by atoms with E-state index in [4.69, 9.17) is 4.74 Å². The summed E-state index contributed by atoms with van der Waals surface area (Å²) in [6, 6.07) is 15.7. The lowest BCUT2D eigenvalue weighted by Gasteiger charge is -2.09. The molecule has 2 aromatic rings. The van der Waals surface area contributed by atoms with Gasteiger partial charge >= 0.3 is 0 Å². The molecule has 0 radical (unpaired) electrons. The maximum atomic E-state index is 12.0. The van der Waals surface area contributed by atoms with E-state index in [0.29, 0.717) is 18.7 Å². The van der Waals surface area contributed by atoms with Crippen LogP contribution in [0.2, 0.25) is 0 Å². The Labute approximate surface area is 132 Å². The molecule has 0 aliphatic carbocycles. The molecule has 0 saturated carbocycles. The molecule has 2 aromatic carbocycles. The Morgan fingerprint density at radius 2 is 1.91 bits per heavy atom. The molecule has 1 N–H and O–H groups in total. The first-order valence-electron chi connectivity index (χ1n) is 7.75. The fourth-order valence-electron chi connectivity index (χ4n) is 2.26. The summed E-state index contributed by atoms with van der Waals surface area (Å²) in [5.74, 6) is 0.773. The van der Waals surface area contributed by atoms with Crippen molar-refractivity contribution in [3.63, 3.8) is 0 Å². The van der Waals surface area contributed by atoms with E-state index in [1.54, 1.807) is 0 Å². The summed E-state index contributed by atoms with van der Waals surface area (Å²) in [6.07, 6.45) is 2.23. The molecule has 0 bridgehead atoms. The first kappa shape index (κ1) is 16.1. The van der Waals surface area contributed by atoms with Crippen LogP contribution in [0.4, 0.5) is 0 Å². The Morgan fingerprint density at radius 3 is 2.59 bits per heavy atom. The van der Waals surface area contributed by atoms with E-state index < -0.39 is 0 Å². The second-order valence-corrected chi connectivity index (χ2v) is 5.37. The average molecular weight is 297 g/mol. The molecule has 0 atom stereocenters. The van der Waals surface area contributed by atoms with Crippen LogP contribution < -0.4 is 10.1 Å². The first-order chi connectivity index (χ1) is 10.7. The summed E-state index contributed by atoms with van der Waals surface area (Å²) in [6.45, 7) is 5.09. The molecular formula is C19H23NO2. The summed E-state index contributed by atoms with van der Waals surface area (Å²) in [4.78, 5) is 12.0. The number of carbonyl (C=O) groups excluding carboxylic acids is 1. The molecule has 3 heteroatoms. The van der Waals surface area contributed by atoms with Gasteiger partial charge in [0, 0.05) is 5.56 Å². The Kier molecular flexibility index (Phi) is 6.01. The van der Waals surface area contributed by atoms with Gasteiger partial charge in [-0.2, -0.15) is 0 Å². The van der Waals surface area contributed by atoms with E-state index in [9.17, 15) is 4.79 Å². The van der Waals surface area contributed by atoms with Crippen LogP contribution in [0.3, 0.4) is 0 Å². The minimum atomic E-state index is -0.0643. The molecule has 2 rings (SSSR count). The maximum Gasteiger partial charge on any atom is 0.251 e. The zero-order valence-electron chi connectivity index (χ0n) is 13.3. The number of amides is 1. The van der Waals surface area contributed by atoms with Crippen molar-refractivity contribution in [2.45, 2.75) is 26.7 Å². The van der Waals surface area contributed by atoms with Crippen molar-refractivity contribution < 1.29 is 9.53 Å². The number of rotatable bonds is 7. The molecular weight excluding hydrogens is 274 g/mol. The minimum Gasteiger partial charge on any atom is -0.492 e. The molecule has 3 nitrogen and oxygen atoms in total. The number of ether oxygens (including phenoxy) is 1. The number of hydrogen-bond acceptors (Lipinski definition) is 2. The summed E-state index contributed by atoms with van der Waals surface area (Å²) in [5.41, 5.74) is 3.09. The quantitative estimate of drug-likeness (QED) is 0.790. The molecule has 0 fully saturated rings. The standard InChI is InChI=1S/C19H23NO2/c1-3-5-16-8-10-18(11-9-16)22-13-12-20-19(21)17-7-4-6-15(2)14-17/h4,6-11,14H,3,5,12-13H2,1-2H3,(H,20,21). The summed E-state index contributed by atoms with van der Waals surface area (Å²) in [5, 5.41) is 2.86. The maximum absolute atomic E-state index is 12.0. The number of aryl methyl sites for hydroxylation is 2. The van der Waals surface area contributed by atoms with Crippen molar-refractivity contribution in [3.8, 4) is 5.75 Å². The van der Waals surface area contributed by atoms with Gasteiger partial charge in [-0.05, 0) is 43.2 Å². The van der Waals surface area contributed by atoms with Gasteiger partial charge in [0.15, 0.2) is 0 Å². The second-order valence-electron chi connectivity index (χ2n) is 5.37. The molecule has 0 spiro atoms. The van der Waals surface area contributed by atoms with E-state index in [2.05, 4.69) is 24.4 Å². The molecule has 0 aliphatic rings. The van der Waals surface area contributed by atoms with Crippen LogP contribution in [0.5, 0.6) is 5.75 Å². The summed E-state index contributed by atoms with van der Waals surface area (Å²) < 4.78 is 5.63. The highest BCUT2D eigenvalue weighted by Gasteiger charge is 2.04. The smallest absolute Gasteiger partial charge is 0.251 e. The van der Waals surface area contributed by atoms with Crippen molar-refractivity contribution in [1.29, 1.82) is 0 Å². The third-order valence-electron chi connectivity index (χ3n) is 3.40. The van der Waals surface area contributed by atoms with Crippen LogP contribution in [0, 0.1) is 6.92 Å². The lowest BCUT2D eigenvalue weighted by atomic mass is 10.1. The predicted molar refractivity (Wildman–Crippen MR) is 89.4 cm³/mol. The minimum absolute atomic E-state index is 0.0643. The van der Waals surface area contributed by atoms with Gasteiger partial charge in [-0.3, -0.25) is 4.79 Å². The summed E-state index contributed by atoms with van der Waals surface area (Å²) >= 11 is 0. The van der Waals surface area contributed by atoms with Gasteiger partial charge in [0.2, 0.25) is 0 Å². The van der Waals surface area contributed by atoms with Crippen molar-refractivity contribution in [2.75, 3.05) is 13.2 Å². The third-order valence-corrected chi connectivity index (χ3v) is 3.40. The number of nitrogens with one attached hydrogen (secondary N) is 1. The summed E-state index contributed by atoms with van der Waals surface area (Å²) in [7, 11) is 0. The largest absolute Gasteiger partial charge is 0.492 e. The van der Waals surface area contributed by atoms with E-state index in [1.807, 2.05) is 43.3 Å². The van der Waals surface area contributed by atoms with Crippen LogP contribution in [-0.4, -0.2) is 19.1 Å². The topological polar surface area (TPSA) is 38.3 Å². The molecule has 22 heavy (non-hydrogen) atoms. The van der Waals surface area contributed by atoms with Gasteiger partial charge in [-0.1, -0.05) is 43.2 Å². The van der Waals surface area contributed by atoms with Gasteiger partial charge in [-0.25, -0.2) is 0 Å². The van der Waals surface area contributed by atoms with Crippen molar-refractivity contribution >= 4 is 5.91 Å². The van der Waals surface area contributed by atoms with Gasteiger partial charge in [-0.15, -0.1) is 0 Å². The van der Waals surface area contributed by atoms with E-state index in [1.165, 1.54) is 5.56 Å². The van der Waals surface area contributed by atoms with Crippen LogP contribution in [0.1, 0.15) is 34.8 Å². The zero-order chi connectivity index (χ0) is 15.8. The number of hydrogen-bond donors (Lipinski definition) is 1. The fraction of sp³-hybridized carbons (Fsp3) is 0.316. The lowest BCUT2D eigenvalue weighted by Crippen LogP contribution is -2.28. The Balaban J connectivity index is 1.73. The first-order valence-corrected chi connectivity index (χ1v) is 7.75. The van der Waals surface area contributed by atoms with Crippen LogP contribution in [0.15, 0.2) is 48.5 Å². The van der Waals surface area contributed by atoms with Crippen LogP contribution >= 0.6 is 0 Å². The van der Waals surface area contributed by atoms with E-state index in [0.717, 1.165) is 24.2 Å². The molecule has 0 saturated heterocycles. The average Bonchev–Trinajstić information content (AvgIpc) is 2.53. The molecule has 0 heterocycles. The highest BCUT2D eigenvalue weighted by Crippen LogP contribution is 2.13.